The topological polar surface area (TPSA) is 150 Å². The molecule has 16 heteroatoms. The van der Waals surface area contributed by atoms with Gasteiger partial charge in [0.05, 0.1) is 68.0 Å². The third kappa shape index (κ3) is 6.65. The zero-order valence-electron chi connectivity index (χ0n) is 28.9. The maximum atomic E-state index is 12.7. The number of hydrogen-bond acceptors (Lipinski definition) is 10. The van der Waals surface area contributed by atoms with Crippen molar-refractivity contribution in [3.8, 4) is 11.1 Å². The molecule has 4 radical (unpaired) electrons. The Bertz CT molecular complexity index is 1940. The van der Waals surface area contributed by atoms with E-state index in [1.807, 2.05) is 61.8 Å². The molecule has 50 heavy (non-hydrogen) atoms. The van der Waals surface area contributed by atoms with E-state index in [4.69, 9.17) is 20.8 Å². The van der Waals surface area contributed by atoms with E-state index in [1.165, 1.54) is 7.05 Å². The fourth-order valence-electron chi connectivity index (χ4n) is 6.20. The molecule has 3 aromatic heterocycles. The maximum Gasteiger partial charge on any atom is 0.273 e. The maximum absolute atomic E-state index is 12.7. The summed E-state index contributed by atoms with van der Waals surface area (Å²) in [5.74, 6) is 0.230. The van der Waals surface area contributed by atoms with Crippen molar-refractivity contribution in [2.45, 2.75) is 56.6 Å². The summed E-state index contributed by atoms with van der Waals surface area (Å²) in [5.41, 5.74) is 5.74. The van der Waals surface area contributed by atoms with Crippen molar-refractivity contribution in [3.05, 3.63) is 65.7 Å². The van der Waals surface area contributed by atoms with Crippen LogP contribution in [0.25, 0.3) is 11.1 Å². The van der Waals surface area contributed by atoms with Gasteiger partial charge in [0.1, 0.15) is 5.03 Å². The lowest BCUT2D eigenvalue weighted by atomic mass is 9.57. The molecule has 4 aromatic rings. The highest BCUT2D eigenvalue weighted by Gasteiger charge is 2.41. The highest BCUT2D eigenvalue weighted by molar-refractivity contribution is 7.84. The summed E-state index contributed by atoms with van der Waals surface area (Å²) in [4.78, 5) is 33.7. The summed E-state index contributed by atoms with van der Waals surface area (Å²) in [7, 11) is 15.5. The first-order valence-corrected chi connectivity index (χ1v) is 18.2. The van der Waals surface area contributed by atoms with Crippen LogP contribution < -0.4 is 20.9 Å². The number of aromatic nitrogens is 5. The number of nitrogens with zero attached hydrogens (tertiary/aromatic N) is 7. The smallest absolute Gasteiger partial charge is 0.273 e. The SMILES string of the molecule is CC.[B]C([B])(c1cccc(S(=O)CC)n1)N1CC(n2ncc3c2CN(C)c2c(Nc4cc(NC(=O)C5CC5)nnc4C(=O)NC)cccc2-3)C1. The van der Waals surface area contributed by atoms with E-state index >= 15 is 0 Å². The lowest BCUT2D eigenvalue weighted by Crippen LogP contribution is -2.60. The molecule has 5 heterocycles. The van der Waals surface area contributed by atoms with Crippen molar-refractivity contribution < 1.29 is 13.8 Å². The largest absolute Gasteiger partial charge is 0.366 e. The number of nitrogens with one attached hydrogen (secondary N) is 3. The van der Waals surface area contributed by atoms with Gasteiger partial charge in [-0.05, 0) is 36.4 Å². The summed E-state index contributed by atoms with van der Waals surface area (Å²) in [5, 5.41) is 21.0. The first-order chi connectivity index (χ1) is 24.1. The Morgan fingerprint density at radius 3 is 2.48 bits per heavy atom. The van der Waals surface area contributed by atoms with Crippen LogP contribution in [0.2, 0.25) is 0 Å². The Kier molecular flexibility index (Phi) is 10.1. The van der Waals surface area contributed by atoms with Crippen molar-refractivity contribution in [2.75, 3.05) is 48.5 Å². The Morgan fingerprint density at radius 2 is 1.78 bits per heavy atom. The van der Waals surface area contributed by atoms with Crippen LogP contribution in [0.4, 0.5) is 22.9 Å². The Labute approximate surface area is 297 Å². The fourth-order valence-corrected chi connectivity index (χ4v) is 6.93. The molecule has 1 saturated carbocycles. The van der Waals surface area contributed by atoms with Crippen LogP contribution in [0.1, 0.15) is 61.5 Å². The van der Waals surface area contributed by atoms with Crippen LogP contribution in [0.3, 0.4) is 0 Å². The van der Waals surface area contributed by atoms with Gasteiger partial charge in [-0.15, -0.1) is 10.2 Å². The van der Waals surface area contributed by atoms with Gasteiger partial charge in [0.25, 0.3) is 5.91 Å². The number of fused-ring (bicyclic) bond motifs is 3. The number of carbonyl (C=O) groups excluding carboxylic acids is 2. The lowest BCUT2D eigenvalue weighted by Gasteiger charge is -2.50. The number of carbonyl (C=O) groups is 2. The molecule has 1 unspecified atom stereocenters. The highest BCUT2D eigenvalue weighted by atomic mass is 32.2. The highest BCUT2D eigenvalue weighted by Crippen LogP contribution is 2.45. The van der Waals surface area contributed by atoms with Gasteiger partial charge in [0.15, 0.2) is 11.5 Å². The molecule has 1 saturated heterocycles. The minimum absolute atomic E-state index is 0.00411. The molecular formula is C34H40B2N10O3S. The first kappa shape index (κ1) is 35.3. The van der Waals surface area contributed by atoms with Crippen molar-refractivity contribution in [1.82, 2.24) is 35.2 Å². The van der Waals surface area contributed by atoms with Crippen LogP contribution >= 0.6 is 0 Å². The zero-order valence-corrected chi connectivity index (χ0v) is 29.8. The van der Waals surface area contributed by atoms with Gasteiger partial charge in [-0.25, -0.2) is 4.98 Å². The van der Waals surface area contributed by atoms with E-state index in [2.05, 4.69) is 36.0 Å². The van der Waals surface area contributed by atoms with E-state index < -0.39 is 22.0 Å². The molecule has 1 atom stereocenters. The van der Waals surface area contributed by atoms with E-state index in [9.17, 15) is 13.8 Å². The Balaban J connectivity index is 0.00000212. The van der Waals surface area contributed by atoms with Gasteiger partial charge >= 0.3 is 0 Å². The Morgan fingerprint density at radius 1 is 1.04 bits per heavy atom. The molecule has 1 aliphatic carbocycles. The third-order valence-electron chi connectivity index (χ3n) is 9.06. The second-order valence-corrected chi connectivity index (χ2v) is 14.0. The number of amides is 2. The standard InChI is InChI=1S/C32H34B2N10O3S.C2H6/c1-4-48(47)27-10-6-9-25(38-27)32(33,34)43-15-19(16-43)44-24-17-42(3)29-20(21(24)14-36-44)7-5-8-22(29)37-23-13-26(39-30(45)18-11-12-18)40-41-28(23)31(46)35-2;1-2/h5-10,13-14,18-19H,4,11-12,15-17H2,1-3H3,(H,35,46)(H2,37,39,40,45);1-2H3. The number of likely N-dealkylation sites (tertiary alicyclic amines) is 1. The number of rotatable bonds is 10. The van der Waals surface area contributed by atoms with Crippen molar-refractivity contribution in [2.24, 2.45) is 5.92 Å². The molecule has 1 aromatic carbocycles. The molecule has 7 rings (SSSR count). The summed E-state index contributed by atoms with van der Waals surface area (Å²) in [6.07, 6.45) is 3.60. The van der Waals surface area contributed by atoms with Gasteiger partial charge in [-0.1, -0.05) is 39.0 Å². The van der Waals surface area contributed by atoms with E-state index in [0.29, 0.717) is 41.8 Å². The Hall–Kier alpha value is -4.56. The molecule has 2 fully saturated rings. The van der Waals surface area contributed by atoms with Crippen molar-refractivity contribution >= 4 is 61.2 Å². The van der Waals surface area contributed by atoms with Gasteiger partial charge < -0.3 is 25.8 Å². The quantitative estimate of drug-likeness (QED) is 0.212. The van der Waals surface area contributed by atoms with Crippen LogP contribution in [0.5, 0.6) is 0 Å². The molecule has 3 N–H and O–H groups in total. The predicted octanol–water partition coefficient (Wildman–Crippen LogP) is 3.29. The fraction of sp³-hybridized carbons (Fsp3) is 0.412. The summed E-state index contributed by atoms with van der Waals surface area (Å²) in [6, 6.07) is 12.9. The van der Waals surface area contributed by atoms with Crippen molar-refractivity contribution in [3.63, 3.8) is 0 Å². The average molecular weight is 690 g/mol. The minimum atomic E-state index is -1.32. The monoisotopic (exact) mass is 690 g/mol. The molecule has 3 aliphatic rings. The number of pyridine rings is 1. The van der Waals surface area contributed by atoms with E-state index in [0.717, 1.165) is 41.0 Å². The van der Waals surface area contributed by atoms with Gasteiger partial charge in [-0.3, -0.25) is 18.5 Å². The average Bonchev–Trinajstić information content (AvgIpc) is 3.89. The van der Waals surface area contributed by atoms with Crippen molar-refractivity contribution in [1.29, 1.82) is 0 Å². The number of hydrogen-bond donors (Lipinski definition) is 3. The number of benzene rings is 1. The second-order valence-electron chi connectivity index (χ2n) is 12.3. The summed E-state index contributed by atoms with van der Waals surface area (Å²) in [6.45, 7) is 7.56. The predicted molar refractivity (Wildman–Crippen MR) is 196 cm³/mol. The van der Waals surface area contributed by atoms with E-state index in [-0.39, 0.29) is 29.4 Å². The van der Waals surface area contributed by atoms with Crippen LogP contribution in [-0.2, 0) is 27.5 Å². The van der Waals surface area contributed by atoms with Gasteiger partial charge in [0, 0.05) is 61.7 Å². The normalized spacial score (nSPS) is 16.2. The summed E-state index contributed by atoms with van der Waals surface area (Å²) < 4.78 is 14.4. The molecule has 256 valence electrons. The third-order valence-corrected chi connectivity index (χ3v) is 10.3. The molecule has 0 spiro atoms. The minimum Gasteiger partial charge on any atom is -0.366 e. The number of anilines is 4. The van der Waals surface area contributed by atoms with Crippen LogP contribution in [0.15, 0.2) is 53.7 Å². The first-order valence-electron chi connectivity index (χ1n) is 16.9. The number of para-hydroxylation sites is 1. The van der Waals surface area contributed by atoms with Gasteiger partial charge in [-0.2, -0.15) is 5.10 Å². The summed E-state index contributed by atoms with van der Waals surface area (Å²) >= 11 is 0. The molecular weight excluding hydrogens is 650 g/mol. The molecule has 2 aliphatic heterocycles. The lowest BCUT2D eigenvalue weighted by molar-refractivity contribution is -0.117. The molecule has 0 bridgehead atoms. The second kappa shape index (κ2) is 14.4. The zero-order chi connectivity index (χ0) is 35.7. The molecule has 2 amide bonds. The molecule has 13 nitrogen and oxygen atoms in total. The van der Waals surface area contributed by atoms with Crippen LogP contribution in [0, 0.1) is 5.92 Å². The van der Waals surface area contributed by atoms with Crippen LogP contribution in [-0.4, -0.2) is 94.5 Å². The van der Waals surface area contributed by atoms with E-state index in [1.54, 1.807) is 24.3 Å². The van der Waals surface area contributed by atoms with Gasteiger partial charge in [0.2, 0.25) is 5.91 Å².